The molecule has 2 aromatic rings. The third-order valence-electron chi connectivity index (χ3n) is 5.38. The highest BCUT2D eigenvalue weighted by Crippen LogP contribution is 2.40. The van der Waals surface area contributed by atoms with Gasteiger partial charge in [0.15, 0.2) is 5.78 Å². The van der Waals surface area contributed by atoms with Crippen molar-refractivity contribution < 1.29 is 49.7 Å². The molecular weight excluding hydrogens is 412 g/mol. The highest BCUT2D eigenvalue weighted by molar-refractivity contribution is 6.30. The number of carbonyl (C=O) groups is 2. The van der Waals surface area contributed by atoms with Crippen molar-refractivity contribution in [3.8, 4) is 17.2 Å². The molecule has 0 spiro atoms. The van der Waals surface area contributed by atoms with Crippen LogP contribution in [0.3, 0.4) is 0 Å². The second-order valence-corrected chi connectivity index (χ2v) is 7.55. The molecule has 5 atom stereocenters. The maximum absolute atomic E-state index is 13.2. The van der Waals surface area contributed by atoms with Gasteiger partial charge in [-0.1, -0.05) is 0 Å². The summed E-state index contributed by atoms with van der Waals surface area (Å²) in [4.78, 5) is 26.2. The van der Waals surface area contributed by atoms with E-state index in [1.54, 1.807) is 6.92 Å². The molecule has 0 aromatic heterocycles. The van der Waals surface area contributed by atoms with E-state index in [4.69, 9.17) is 9.47 Å². The summed E-state index contributed by atoms with van der Waals surface area (Å²) in [5.41, 5.74) is -0.154. The van der Waals surface area contributed by atoms with E-state index >= 15 is 0 Å². The second-order valence-electron chi connectivity index (χ2n) is 7.55. The fourth-order valence-electron chi connectivity index (χ4n) is 3.85. The minimum absolute atomic E-state index is 0.0283. The van der Waals surface area contributed by atoms with Gasteiger partial charge in [0, 0.05) is 17.2 Å². The third kappa shape index (κ3) is 3.34. The summed E-state index contributed by atoms with van der Waals surface area (Å²) < 4.78 is 10.8. The molecule has 31 heavy (non-hydrogen) atoms. The number of aliphatic hydroxyl groups is 4. The quantitative estimate of drug-likeness (QED) is 0.312. The van der Waals surface area contributed by atoms with Gasteiger partial charge in [0.05, 0.1) is 17.7 Å². The number of hydrogen-bond acceptors (Lipinski definition) is 10. The zero-order chi connectivity index (χ0) is 22.6. The van der Waals surface area contributed by atoms with Crippen LogP contribution in [0.1, 0.15) is 37.4 Å². The lowest BCUT2D eigenvalue weighted by Crippen LogP contribution is -2.60. The fourth-order valence-corrected chi connectivity index (χ4v) is 3.85. The van der Waals surface area contributed by atoms with Crippen LogP contribution in [0.25, 0.3) is 0 Å². The zero-order valence-corrected chi connectivity index (χ0v) is 16.2. The van der Waals surface area contributed by atoms with Crippen molar-refractivity contribution in [1.29, 1.82) is 0 Å². The molecule has 0 unspecified atom stereocenters. The van der Waals surface area contributed by atoms with Gasteiger partial charge in [0.2, 0.25) is 12.1 Å². The molecule has 1 saturated heterocycles. The van der Waals surface area contributed by atoms with E-state index in [-0.39, 0.29) is 28.0 Å². The summed E-state index contributed by atoms with van der Waals surface area (Å²) in [5, 5.41) is 59.8. The van der Waals surface area contributed by atoms with Gasteiger partial charge in [-0.3, -0.25) is 9.59 Å². The molecule has 1 fully saturated rings. The summed E-state index contributed by atoms with van der Waals surface area (Å²) in [7, 11) is 0. The number of ether oxygens (including phenoxy) is 2. The molecule has 10 heteroatoms. The highest BCUT2D eigenvalue weighted by atomic mass is 16.7. The van der Waals surface area contributed by atoms with E-state index in [1.807, 2.05) is 0 Å². The molecule has 1 heterocycles. The Bertz CT molecular complexity index is 1080. The Morgan fingerprint density at radius 1 is 0.903 bits per heavy atom. The number of aromatic hydroxyl groups is 2. The lowest BCUT2D eigenvalue weighted by molar-refractivity contribution is -0.277. The molecule has 164 valence electrons. The minimum atomic E-state index is -1.77. The first-order valence-corrected chi connectivity index (χ1v) is 9.41. The van der Waals surface area contributed by atoms with Crippen LogP contribution < -0.4 is 4.74 Å². The average molecular weight is 432 g/mol. The molecule has 10 nitrogen and oxygen atoms in total. The molecular formula is C21H20O10. The van der Waals surface area contributed by atoms with Crippen molar-refractivity contribution in [3.05, 3.63) is 52.1 Å². The number of ketones is 2. The summed E-state index contributed by atoms with van der Waals surface area (Å²) in [6.07, 6.45) is -8.02. The summed E-state index contributed by atoms with van der Waals surface area (Å²) in [6.45, 7) is 0.949. The molecule has 0 amide bonds. The smallest absolute Gasteiger partial charge is 0.229 e. The number of benzene rings is 2. The van der Waals surface area contributed by atoms with Crippen LogP contribution in [0.15, 0.2) is 24.3 Å². The summed E-state index contributed by atoms with van der Waals surface area (Å²) >= 11 is 0. The van der Waals surface area contributed by atoms with Crippen LogP contribution in [0.5, 0.6) is 17.2 Å². The Hall–Kier alpha value is -3.02. The molecule has 2 aromatic carbocycles. The lowest BCUT2D eigenvalue weighted by atomic mass is 9.82. The molecule has 1 aliphatic heterocycles. The number of rotatable bonds is 3. The van der Waals surface area contributed by atoms with Crippen molar-refractivity contribution in [2.75, 3.05) is 6.61 Å². The van der Waals surface area contributed by atoms with Gasteiger partial charge in [-0.2, -0.15) is 0 Å². The van der Waals surface area contributed by atoms with Crippen LogP contribution in [-0.2, 0) is 4.74 Å². The van der Waals surface area contributed by atoms with Gasteiger partial charge in [0.1, 0.15) is 41.7 Å². The number of hydrogen-bond donors (Lipinski definition) is 6. The summed E-state index contributed by atoms with van der Waals surface area (Å²) in [6, 6.07) is 4.87. The highest BCUT2D eigenvalue weighted by Gasteiger charge is 2.45. The van der Waals surface area contributed by atoms with Crippen LogP contribution in [-0.4, -0.2) is 79.5 Å². The van der Waals surface area contributed by atoms with Crippen LogP contribution in [0, 0.1) is 6.92 Å². The van der Waals surface area contributed by atoms with Gasteiger partial charge >= 0.3 is 0 Å². The molecule has 1 aliphatic carbocycles. The van der Waals surface area contributed by atoms with E-state index in [2.05, 4.69) is 0 Å². The Morgan fingerprint density at radius 2 is 1.58 bits per heavy atom. The normalized spacial score (nSPS) is 27.6. The van der Waals surface area contributed by atoms with Crippen LogP contribution >= 0.6 is 0 Å². The Kier molecular flexibility index (Phi) is 5.20. The van der Waals surface area contributed by atoms with E-state index in [0.29, 0.717) is 5.56 Å². The Labute approximate surface area is 175 Å². The zero-order valence-electron chi connectivity index (χ0n) is 16.2. The predicted octanol–water partition coefficient (Wildman–Crippen LogP) is -0.640. The first kappa shape index (κ1) is 21.2. The van der Waals surface area contributed by atoms with Crippen molar-refractivity contribution in [3.63, 3.8) is 0 Å². The number of carbonyl (C=O) groups excluding carboxylic acids is 2. The molecule has 6 N–H and O–H groups in total. The van der Waals surface area contributed by atoms with E-state index < -0.39 is 60.4 Å². The fraction of sp³-hybridized carbons (Fsp3) is 0.333. The monoisotopic (exact) mass is 432 g/mol. The number of aryl methyl sites for hydroxylation is 1. The van der Waals surface area contributed by atoms with Gasteiger partial charge in [-0.15, -0.1) is 0 Å². The van der Waals surface area contributed by atoms with Crippen molar-refractivity contribution in [2.45, 2.75) is 37.6 Å². The number of phenolic OH excluding ortho intramolecular Hbond substituents is 2. The molecule has 0 radical (unpaired) electrons. The first-order valence-electron chi connectivity index (χ1n) is 9.41. The number of aliphatic hydroxyl groups excluding tert-OH is 4. The third-order valence-corrected chi connectivity index (χ3v) is 5.38. The number of fused-ring (bicyclic) bond motifs is 2. The van der Waals surface area contributed by atoms with E-state index in [0.717, 1.165) is 12.1 Å². The molecule has 0 bridgehead atoms. The predicted molar refractivity (Wildman–Crippen MR) is 102 cm³/mol. The second kappa shape index (κ2) is 7.59. The van der Waals surface area contributed by atoms with E-state index in [9.17, 15) is 40.2 Å². The van der Waals surface area contributed by atoms with Crippen molar-refractivity contribution in [2.24, 2.45) is 0 Å². The molecule has 4 rings (SSSR count). The Morgan fingerprint density at radius 3 is 2.26 bits per heavy atom. The molecule has 0 saturated carbocycles. The van der Waals surface area contributed by atoms with Crippen molar-refractivity contribution >= 4 is 11.6 Å². The van der Waals surface area contributed by atoms with Gasteiger partial charge < -0.3 is 40.1 Å². The maximum Gasteiger partial charge on any atom is 0.229 e. The minimum Gasteiger partial charge on any atom is -0.508 e. The average Bonchev–Trinajstić information content (AvgIpc) is 2.71. The van der Waals surface area contributed by atoms with Crippen LogP contribution in [0.2, 0.25) is 0 Å². The molecule has 2 aliphatic rings. The van der Waals surface area contributed by atoms with Gasteiger partial charge in [-0.05, 0) is 30.7 Å². The van der Waals surface area contributed by atoms with Crippen molar-refractivity contribution in [1.82, 2.24) is 0 Å². The topological polar surface area (TPSA) is 174 Å². The van der Waals surface area contributed by atoms with Gasteiger partial charge in [0.25, 0.3) is 0 Å². The maximum atomic E-state index is 13.2. The largest absolute Gasteiger partial charge is 0.508 e. The number of phenols is 2. The van der Waals surface area contributed by atoms with Gasteiger partial charge in [-0.25, -0.2) is 0 Å². The van der Waals surface area contributed by atoms with E-state index in [1.165, 1.54) is 12.1 Å². The Balaban J connectivity index is 1.79. The summed E-state index contributed by atoms with van der Waals surface area (Å²) in [5.74, 6) is -2.53. The first-order chi connectivity index (χ1) is 14.6. The standard InChI is InChI=1S/C21H20O10/c1-7-2-9-14(11(24)3-7)18(27)15-10(16(9)25)4-8(23)5-12(15)30-21-20(29)19(28)17(26)13(6-22)31-21/h2-5,13,17,19-24,26,28-29H,6H2,1H3/t13-,17-,19-,20+,21-/m1/s1. The SMILES string of the molecule is Cc1cc(O)c2c(c1)C(=O)c1cc(O)cc(O[C@@H]3O[C@H](CO)[C@@H](O)[C@@H](O)[C@@H]3O)c1C2=O. The lowest BCUT2D eigenvalue weighted by Gasteiger charge is -2.39. The van der Waals surface area contributed by atoms with Crippen LogP contribution in [0.4, 0.5) is 0 Å².